The van der Waals surface area contributed by atoms with Crippen molar-refractivity contribution in [1.82, 2.24) is 10.3 Å². The van der Waals surface area contributed by atoms with Crippen molar-refractivity contribution in [1.29, 1.82) is 0 Å². The van der Waals surface area contributed by atoms with Crippen molar-refractivity contribution in [3.63, 3.8) is 0 Å². The molecule has 0 fully saturated rings. The highest BCUT2D eigenvalue weighted by molar-refractivity contribution is 5.94. The normalized spacial score (nSPS) is 11.9. The number of hydroxylamine groups is 2. The van der Waals surface area contributed by atoms with E-state index in [4.69, 9.17) is 0 Å². The van der Waals surface area contributed by atoms with Gasteiger partial charge in [-0.3, -0.25) is 4.79 Å². The monoisotopic (exact) mass is 237 g/mol. The smallest absolute Gasteiger partial charge is 0.362 e. The third-order valence-corrected chi connectivity index (χ3v) is 2.17. The fraction of sp³-hybridized carbons (Fsp3) is 0.364. The van der Waals surface area contributed by atoms with Gasteiger partial charge in [-0.05, 0) is 26.0 Å². The van der Waals surface area contributed by atoms with Gasteiger partial charge in [-0.25, -0.2) is 9.78 Å². The van der Waals surface area contributed by atoms with E-state index < -0.39 is 11.0 Å². The Morgan fingerprint density at radius 1 is 1.41 bits per heavy atom. The second-order valence-corrected chi connectivity index (χ2v) is 3.40. The number of amides is 2. The number of rotatable bonds is 4. The molecule has 1 rings (SSSR count). The quantitative estimate of drug-likeness (QED) is 0.683. The van der Waals surface area contributed by atoms with Crippen LogP contribution in [0.2, 0.25) is 0 Å². The highest BCUT2D eigenvalue weighted by Gasteiger charge is 2.15. The molecule has 6 nitrogen and oxygen atoms in total. The maximum atomic E-state index is 11.5. The SMILES string of the molecule is CCNC(=O)c1ccc(C(=O)[NH+]([O-])CC)nc1. The number of hydrogen-bond donors (Lipinski definition) is 2. The van der Waals surface area contributed by atoms with Crippen molar-refractivity contribution in [3.8, 4) is 0 Å². The molecule has 1 aromatic heterocycles. The number of carbonyl (C=O) groups is 2. The molecule has 1 heterocycles. The summed E-state index contributed by atoms with van der Waals surface area (Å²) in [5.41, 5.74) is 0.442. The minimum absolute atomic E-state index is 0.0740. The zero-order chi connectivity index (χ0) is 12.8. The summed E-state index contributed by atoms with van der Waals surface area (Å²) in [6, 6.07) is 2.87. The van der Waals surface area contributed by atoms with E-state index >= 15 is 0 Å². The van der Waals surface area contributed by atoms with E-state index in [1.807, 2.05) is 6.92 Å². The molecule has 92 valence electrons. The second kappa shape index (κ2) is 6.07. The fourth-order valence-electron chi connectivity index (χ4n) is 1.23. The van der Waals surface area contributed by atoms with Crippen molar-refractivity contribution in [2.45, 2.75) is 13.8 Å². The van der Waals surface area contributed by atoms with Gasteiger partial charge in [0, 0.05) is 12.7 Å². The average molecular weight is 237 g/mol. The summed E-state index contributed by atoms with van der Waals surface area (Å²) in [6.07, 6.45) is 1.29. The molecule has 6 heteroatoms. The second-order valence-electron chi connectivity index (χ2n) is 3.40. The van der Waals surface area contributed by atoms with Crippen molar-refractivity contribution in [2.24, 2.45) is 0 Å². The molecule has 1 unspecified atom stereocenters. The van der Waals surface area contributed by atoms with Gasteiger partial charge < -0.3 is 15.6 Å². The Kier molecular flexibility index (Phi) is 4.74. The van der Waals surface area contributed by atoms with E-state index in [0.717, 1.165) is 0 Å². The van der Waals surface area contributed by atoms with Crippen molar-refractivity contribution in [3.05, 3.63) is 34.8 Å². The molecule has 0 aliphatic heterocycles. The summed E-state index contributed by atoms with van der Waals surface area (Å²) in [5.74, 6) is -0.865. The van der Waals surface area contributed by atoms with E-state index in [1.54, 1.807) is 6.92 Å². The fourth-order valence-corrected chi connectivity index (χ4v) is 1.23. The standard InChI is InChI=1S/C11H15N3O3/c1-3-12-10(15)8-5-6-9(13-7-8)11(16)14(17)4-2/h5-7,14H,3-4H2,1-2H3,(H,12,15). The molecule has 0 spiro atoms. The van der Waals surface area contributed by atoms with Crippen molar-refractivity contribution >= 4 is 11.8 Å². The predicted molar refractivity (Wildman–Crippen MR) is 61.4 cm³/mol. The van der Waals surface area contributed by atoms with Gasteiger partial charge in [-0.15, -0.1) is 0 Å². The van der Waals surface area contributed by atoms with Gasteiger partial charge in [0.2, 0.25) is 0 Å². The average Bonchev–Trinajstić information content (AvgIpc) is 2.37. The first-order valence-electron chi connectivity index (χ1n) is 5.41. The van der Waals surface area contributed by atoms with Crippen molar-refractivity contribution < 1.29 is 14.7 Å². The largest absolute Gasteiger partial charge is 0.626 e. The molecule has 2 N–H and O–H groups in total. The van der Waals surface area contributed by atoms with Crippen LogP contribution >= 0.6 is 0 Å². The van der Waals surface area contributed by atoms with E-state index in [9.17, 15) is 14.8 Å². The molecule has 1 aromatic rings. The van der Waals surface area contributed by atoms with Crippen LogP contribution in [0.15, 0.2) is 18.3 Å². The Morgan fingerprint density at radius 2 is 2.12 bits per heavy atom. The number of pyridine rings is 1. The number of quaternary nitrogens is 1. The van der Waals surface area contributed by atoms with Gasteiger partial charge in [0.1, 0.15) is 0 Å². The van der Waals surface area contributed by atoms with E-state index in [2.05, 4.69) is 10.3 Å². The first kappa shape index (κ1) is 13.3. The van der Waals surface area contributed by atoms with Crippen LogP contribution in [-0.2, 0) is 0 Å². The first-order chi connectivity index (χ1) is 8.10. The van der Waals surface area contributed by atoms with Gasteiger partial charge >= 0.3 is 5.91 Å². The zero-order valence-corrected chi connectivity index (χ0v) is 9.82. The first-order valence-corrected chi connectivity index (χ1v) is 5.41. The van der Waals surface area contributed by atoms with Crippen LogP contribution in [0.1, 0.15) is 34.7 Å². The van der Waals surface area contributed by atoms with Gasteiger partial charge in [0.25, 0.3) is 5.91 Å². The molecule has 17 heavy (non-hydrogen) atoms. The molecule has 0 aromatic carbocycles. The molecule has 1 atom stereocenters. The molecule has 0 aliphatic carbocycles. The Morgan fingerprint density at radius 3 is 2.59 bits per heavy atom. The molecule has 0 bridgehead atoms. The number of aromatic nitrogens is 1. The lowest BCUT2D eigenvalue weighted by Gasteiger charge is -2.16. The minimum Gasteiger partial charge on any atom is -0.626 e. The lowest BCUT2D eigenvalue weighted by Crippen LogP contribution is -3.09. The Hall–Kier alpha value is -1.79. The predicted octanol–water partition coefficient (Wildman–Crippen LogP) is -0.626. The van der Waals surface area contributed by atoms with Gasteiger partial charge in [-0.1, -0.05) is 0 Å². The third-order valence-electron chi connectivity index (χ3n) is 2.17. The molecular formula is C11H15N3O3. The van der Waals surface area contributed by atoms with E-state index in [1.165, 1.54) is 18.3 Å². The topological polar surface area (TPSA) is 86.6 Å². The van der Waals surface area contributed by atoms with E-state index in [0.29, 0.717) is 12.1 Å². The summed E-state index contributed by atoms with van der Waals surface area (Å²) in [6.45, 7) is 4.10. The molecule has 0 radical (unpaired) electrons. The highest BCUT2D eigenvalue weighted by atomic mass is 16.5. The van der Waals surface area contributed by atoms with E-state index in [-0.39, 0.29) is 18.1 Å². The Labute approximate surface area is 99.2 Å². The lowest BCUT2D eigenvalue weighted by molar-refractivity contribution is -0.755. The molecule has 0 saturated heterocycles. The molecular weight excluding hydrogens is 222 g/mol. The van der Waals surface area contributed by atoms with Crippen LogP contribution < -0.4 is 10.4 Å². The number of hydrogen-bond acceptors (Lipinski definition) is 4. The Bertz CT molecular complexity index is 403. The minimum atomic E-state index is -0.616. The zero-order valence-electron chi connectivity index (χ0n) is 9.82. The van der Waals surface area contributed by atoms with Crippen LogP contribution in [0.5, 0.6) is 0 Å². The summed E-state index contributed by atoms with van der Waals surface area (Å²) in [5, 5.41) is 13.3. The summed E-state index contributed by atoms with van der Waals surface area (Å²) < 4.78 is 0. The van der Waals surface area contributed by atoms with Gasteiger partial charge in [0.15, 0.2) is 5.69 Å². The number of carbonyl (C=O) groups excluding carboxylic acids is 2. The molecule has 0 saturated carbocycles. The number of nitrogens with zero attached hydrogens (tertiary/aromatic N) is 1. The van der Waals surface area contributed by atoms with Gasteiger partial charge in [-0.2, -0.15) is 0 Å². The highest BCUT2D eigenvalue weighted by Crippen LogP contribution is 1.99. The van der Waals surface area contributed by atoms with Crippen LogP contribution in [0, 0.1) is 5.21 Å². The third kappa shape index (κ3) is 3.33. The summed E-state index contributed by atoms with van der Waals surface area (Å²) >= 11 is 0. The Balaban J connectivity index is 2.81. The van der Waals surface area contributed by atoms with Crippen molar-refractivity contribution in [2.75, 3.05) is 13.1 Å². The van der Waals surface area contributed by atoms with Crippen LogP contribution in [0.3, 0.4) is 0 Å². The van der Waals surface area contributed by atoms with Crippen LogP contribution in [0.25, 0.3) is 0 Å². The lowest BCUT2D eigenvalue weighted by atomic mass is 10.2. The number of nitrogens with one attached hydrogen (secondary N) is 2. The maximum absolute atomic E-state index is 11.5. The molecule has 0 aliphatic rings. The van der Waals surface area contributed by atoms with Crippen LogP contribution in [-0.4, -0.2) is 29.9 Å². The summed E-state index contributed by atoms with van der Waals surface area (Å²) in [7, 11) is 0. The van der Waals surface area contributed by atoms with Gasteiger partial charge in [0.05, 0.1) is 12.1 Å². The molecule has 2 amide bonds. The van der Waals surface area contributed by atoms with Crippen LogP contribution in [0.4, 0.5) is 0 Å². The maximum Gasteiger partial charge on any atom is 0.362 e. The summed E-state index contributed by atoms with van der Waals surface area (Å²) in [4.78, 5) is 26.7.